The van der Waals surface area contributed by atoms with E-state index in [1.165, 1.54) is 24.1 Å². The molecule has 0 radical (unpaired) electrons. The van der Waals surface area contributed by atoms with Crippen molar-refractivity contribution in [3.8, 4) is 0 Å². The molecule has 70 valence electrons. The molecule has 1 aliphatic rings. The maximum Gasteiger partial charge on any atom is 0.0774 e. The Morgan fingerprint density at radius 3 is 3.08 bits per heavy atom. The van der Waals surface area contributed by atoms with Crippen molar-refractivity contribution in [1.29, 1.82) is 0 Å². The Kier molecular flexibility index (Phi) is 2.61. The first kappa shape index (κ1) is 9.10. The second kappa shape index (κ2) is 3.72. The molecular weight excluding hydrogens is 207 g/mol. The SMILES string of the molecule is Cl/C=C(/Cl)Cn1ccc(C2CC2)n1. The molecule has 0 saturated heterocycles. The van der Waals surface area contributed by atoms with Crippen molar-refractivity contribution in [3.63, 3.8) is 0 Å². The second-order valence-electron chi connectivity index (χ2n) is 3.27. The average molecular weight is 217 g/mol. The molecule has 0 bridgehead atoms. The lowest BCUT2D eigenvalue weighted by molar-refractivity contribution is 0.679. The minimum absolute atomic E-state index is 0.567. The van der Waals surface area contributed by atoms with E-state index in [9.17, 15) is 0 Å². The number of nitrogens with zero attached hydrogens (tertiary/aromatic N) is 2. The average Bonchev–Trinajstić information content (AvgIpc) is 2.88. The normalized spacial score (nSPS) is 17.8. The molecule has 2 rings (SSSR count). The summed E-state index contributed by atoms with van der Waals surface area (Å²) in [7, 11) is 0. The molecule has 1 fully saturated rings. The van der Waals surface area contributed by atoms with Crippen LogP contribution < -0.4 is 0 Å². The summed E-state index contributed by atoms with van der Waals surface area (Å²) < 4.78 is 1.81. The van der Waals surface area contributed by atoms with Crippen LogP contribution in [-0.4, -0.2) is 9.78 Å². The van der Waals surface area contributed by atoms with Gasteiger partial charge >= 0.3 is 0 Å². The molecule has 0 N–H and O–H groups in total. The Morgan fingerprint density at radius 2 is 2.46 bits per heavy atom. The van der Waals surface area contributed by atoms with Crippen LogP contribution in [0.5, 0.6) is 0 Å². The van der Waals surface area contributed by atoms with Crippen molar-refractivity contribution < 1.29 is 0 Å². The lowest BCUT2D eigenvalue weighted by Gasteiger charge is -1.97. The summed E-state index contributed by atoms with van der Waals surface area (Å²) in [5, 5.41) is 5.00. The van der Waals surface area contributed by atoms with Gasteiger partial charge in [-0.2, -0.15) is 5.10 Å². The summed E-state index contributed by atoms with van der Waals surface area (Å²) in [4.78, 5) is 0. The number of hydrogen-bond donors (Lipinski definition) is 0. The van der Waals surface area contributed by atoms with Gasteiger partial charge in [-0.1, -0.05) is 23.2 Å². The Labute approximate surface area is 87.1 Å². The highest BCUT2D eigenvalue weighted by molar-refractivity contribution is 6.36. The zero-order chi connectivity index (χ0) is 9.26. The van der Waals surface area contributed by atoms with Crippen LogP contribution in [0.1, 0.15) is 24.5 Å². The maximum atomic E-state index is 5.77. The number of halogens is 2. The summed E-state index contributed by atoms with van der Waals surface area (Å²) in [5.41, 5.74) is 2.55. The fourth-order valence-corrected chi connectivity index (χ4v) is 1.44. The third-order valence-electron chi connectivity index (χ3n) is 2.09. The number of hydrogen-bond acceptors (Lipinski definition) is 1. The van der Waals surface area contributed by atoms with Gasteiger partial charge in [0.2, 0.25) is 0 Å². The molecule has 1 aromatic heterocycles. The monoisotopic (exact) mass is 216 g/mol. The zero-order valence-electron chi connectivity index (χ0n) is 7.08. The molecule has 1 saturated carbocycles. The first-order valence-electron chi connectivity index (χ1n) is 4.27. The van der Waals surface area contributed by atoms with Gasteiger partial charge in [0, 0.05) is 17.6 Å². The molecule has 0 aliphatic heterocycles. The molecule has 13 heavy (non-hydrogen) atoms. The Hall–Kier alpha value is -0.470. The predicted octanol–water partition coefficient (Wildman–Crippen LogP) is 3.08. The van der Waals surface area contributed by atoms with E-state index in [1.807, 2.05) is 10.9 Å². The van der Waals surface area contributed by atoms with Gasteiger partial charge in [-0.3, -0.25) is 4.68 Å². The molecule has 1 aliphatic carbocycles. The standard InChI is InChI=1S/C9H10Cl2N2/c10-5-8(11)6-13-4-3-9(12-13)7-1-2-7/h3-5,7H,1-2,6H2/b8-5+. The molecule has 0 amide bonds. The second-order valence-corrected chi connectivity index (χ2v) is 3.97. The van der Waals surface area contributed by atoms with E-state index in [0.717, 1.165) is 0 Å². The van der Waals surface area contributed by atoms with Crippen LogP contribution in [0.25, 0.3) is 0 Å². The van der Waals surface area contributed by atoms with E-state index < -0.39 is 0 Å². The van der Waals surface area contributed by atoms with Crippen molar-refractivity contribution >= 4 is 23.2 Å². The van der Waals surface area contributed by atoms with Gasteiger partial charge in [-0.05, 0) is 18.9 Å². The van der Waals surface area contributed by atoms with Crippen LogP contribution in [0, 0.1) is 0 Å². The van der Waals surface area contributed by atoms with E-state index in [-0.39, 0.29) is 0 Å². The highest BCUT2D eigenvalue weighted by Crippen LogP contribution is 2.38. The molecule has 0 aromatic carbocycles. The summed E-state index contributed by atoms with van der Waals surface area (Å²) in [5.74, 6) is 0.694. The summed E-state index contributed by atoms with van der Waals surface area (Å²) in [6.07, 6.45) is 4.49. The van der Waals surface area contributed by atoms with Gasteiger partial charge in [0.15, 0.2) is 0 Å². The first-order chi connectivity index (χ1) is 6.29. The number of rotatable bonds is 3. The highest BCUT2D eigenvalue weighted by Gasteiger charge is 2.25. The molecule has 0 spiro atoms. The molecule has 0 atom stereocenters. The fourth-order valence-electron chi connectivity index (χ4n) is 1.25. The van der Waals surface area contributed by atoms with Gasteiger partial charge < -0.3 is 0 Å². The smallest absolute Gasteiger partial charge is 0.0774 e. The fraction of sp³-hybridized carbons (Fsp3) is 0.444. The molecule has 0 unspecified atom stereocenters. The topological polar surface area (TPSA) is 17.8 Å². The van der Waals surface area contributed by atoms with E-state index in [0.29, 0.717) is 17.5 Å². The molecule has 1 aromatic rings. The van der Waals surface area contributed by atoms with E-state index in [2.05, 4.69) is 11.2 Å². The van der Waals surface area contributed by atoms with Gasteiger partial charge in [-0.25, -0.2) is 0 Å². The Bertz CT molecular complexity index is 326. The lowest BCUT2D eigenvalue weighted by Crippen LogP contribution is -1.98. The molecule has 1 heterocycles. The first-order valence-corrected chi connectivity index (χ1v) is 5.09. The van der Waals surface area contributed by atoms with Crippen LogP contribution in [0.15, 0.2) is 22.8 Å². The van der Waals surface area contributed by atoms with Crippen LogP contribution in [-0.2, 0) is 6.54 Å². The van der Waals surface area contributed by atoms with Crippen molar-refractivity contribution in [2.45, 2.75) is 25.3 Å². The third-order valence-corrected chi connectivity index (χ3v) is 2.69. The summed E-state index contributed by atoms with van der Waals surface area (Å²) in [6, 6.07) is 2.05. The maximum absolute atomic E-state index is 5.77. The largest absolute Gasteiger partial charge is 0.267 e. The van der Waals surface area contributed by atoms with Crippen molar-refractivity contribution in [1.82, 2.24) is 9.78 Å². The predicted molar refractivity (Wildman–Crippen MR) is 54.0 cm³/mol. The van der Waals surface area contributed by atoms with Crippen LogP contribution in [0.3, 0.4) is 0 Å². The minimum Gasteiger partial charge on any atom is -0.267 e. The van der Waals surface area contributed by atoms with Crippen LogP contribution in [0.2, 0.25) is 0 Å². The Balaban J connectivity index is 2.04. The van der Waals surface area contributed by atoms with Gasteiger partial charge in [0.1, 0.15) is 0 Å². The molecule has 4 heteroatoms. The summed E-state index contributed by atoms with van der Waals surface area (Å²) in [6.45, 7) is 0.567. The van der Waals surface area contributed by atoms with Crippen molar-refractivity contribution in [3.05, 3.63) is 28.5 Å². The van der Waals surface area contributed by atoms with E-state index >= 15 is 0 Å². The van der Waals surface area contributed by atoms with E-state index in [1.54, 1.807) is 0 Å². The zero-order valence-corrected chi connectivity index (χ0v) is 8.59. The Morgan fingerprint density at radius 1 is 1.69 bits per heavy atom. The minimum atomic E-state index is 0.567. The number of allylic oxidation sites excluding steroid dienone is 1. The lowest BCUT2D eigenvalue weighted by atomic mass is 10.3. The van der Waals surface area contributed by atoms with Gasteiger partial charge in [-0.15, -0.1) is 0 Å². The van der Waals surface area contributed by atoms with E-state index in [4.69, 9.17) is 23.2 Å². The van der Waals surface area contributed by atoms with Crippen LogP contribution >= 0.6 is 23.2 Å². The van der Waals surface area contributed by atoms with Gasteiger partial charge in [0.25, 0.3) is 0 Å². The van der Waals surface area contributed by atoms with Crippen molar-refractivity contribution in [2.75, 3.05) is 0 Å². The third kappa shape index (κ3) is 2.26. The summed E-state index contributed by atoms with van der Waals surface area (Å²) >= 11 is 11.2. The highest BCUT2D eigenvalue weighted by atomic mass is 35.5. The quantitative estimate of drug-likeness (QED) is 0.760. The van der Waals surface area contributed by atoms with Gasteiger partial charge in [0.05, 0.1) is 17.3 Å². The molecule has 2 nitrogen and oxygen atoms in total. The molecular formula is C9H10Cl2N2. The van der Waals surface area contributed by atoms with Crippen molar-refractivity contribution in [2.24, 2.45) is 0 Å². The van der Waals surface area contributed by atoms with Crippen LogP contribution in [0.4, 0.5) is 0 Å². The number of aromatic nitrogens is 2.